The standard InChI is InChI=1S/C12H26O2/c1-6-10(7-2)9-11(13)12(4,8-3)14-5/h10-11,13H,6-9H2,1-5H3. The Kier molecular flexibility index (Phi) is 6.38. The van der Waals surface area contributed by atoms with Gasteiger partial charge in [0.25, 0.3) is 0 Å². The summed E-state index contributed by atoms with van der Waals surface area (Å²) in [6.07, 6.45) is 3.63. The molecule has 0 aliphatic heterocycles. The number of ether oxygens (including phenoxy) is 1. The second-order valence-electron chi connectivity index (χ2n) is 4.30. The number of hydrogen-bond acceptors (Lipinski definition) is 2. The first kappa shape index (κ1) is 13.9. The SMILES string of the molecule is CCC(CC)CC(O)C(C)(CC)OC. The Morgan fingerprint density at radius 2 is 1.71 bits per heavy atom. The molecule has 2 unspecified atom stereocenters. The molecule has 0 aromatic heterocycles. The minimum absolute atomic E-state index is 0.345. The van der Waals surface area contributed by atoms with Crippen molar-refractivity contribution >= 4 is 0 Å². The van der Waals surface area contributed by atoms with Gasteiger partial charge in [0.05, 0.1) is 11.7 Å². The number of hydrogen-bond donors (Lipinski definition) is 1. The van der Waals surface area contributed by atoms with Gasteiger partial charge in [-0.05, 0) is 25.7 Å². The number of aliphatic hydroxyl groups is 1. The van der Waals surface area contributed by atoms with E-state index in [0.29, 0.717) is 5.92 Å². The molecule has 2 heteroatoms. The normalized spacial score (nSPS) is 18.2. The van der Waals surface area contributed by atoms with Gasteiger partial charge in [-0.2, -0.15) is 0 Å². The van der Waals surface area contributed by atoms with Crippen molar-refractivity contribution in [1.82, 2.24) is 0 Å². The summed E-state index contributed by atoms with van der Waals surface area (Å²) in [4.78, 5) is 0. The third kappa shape index (κ3) is 3.58. The highest BCUT2D eigenvalue weighted by Gasteiger charge is 2.31. The monoisotopic (exact) mass is 202 g/mol. The van der Waals surface area contributed by atoms with Crippen LogP contribution in [0.3, 0.4) is 0 Å². The van der Waals surface area contributed by atoms with Crippen LogP contribution in [-0.4, -0.2) is 23.9 Å². The van der Waals surface area contributed by atoms with Gasteiger partial charge in [-0.25, -0.2) is 0 Å². The molecule has 0 aromatic carbocycles. The average Bonchev–Trinajstić information content (AvgIpc) is 2.24. The lowest BCUT2D eigenvalue weighted by Gasteiger charge is -2.34. The van der Waals surface area contributed by atoms with Crippen LogP contribution in [0.25, 0.3) is 0 Å². The smallest absolute Gasteiger partial charge is 0.0905 e. The highest BCUT2D eigenvalue weighted by molar-refractivity contribution is 4.83. The quantitative estimate of drug-likeness (QED) is 0.687. The van der Waals surface area contributed by atoms with Crippen LogP contribution in [0.5, 0.6) is 0 Å². The summed E-state index contributed by atoms with van der Waals surface area (Å²) < 4.78 is 5.39. The maximum absolute atomic E-state index is 10.1. The maximum atomic E-state index is 10.1. The van der Waals surface area contributed by atoms with Crippen molar-refractivity contribution in [2.24, 2.45) is 5.92 Å². The zero-order valence-corrected chi connectivity index (χ0v) is 10.3. The molecule has 86 valence electrons. The van der Waals surface area contributed by atoms with Gasteiger partial charge in [-0.1, -0.05) is 33.6 Å². The summed E-state index contributed by atoms with van der Waals surface area (Å²) in [5.41, 5.74) is -0.372. The minimum atomic E-state index is -0.372. The van der Waals surface area contributed by atoms with E-state index in [0.717, 1.165) is 25.7 Å². The van der Waals surface area contributed by atoms with Gasteiger partial charge in [0.15, 0.2) is 0 Å². The Hall–Kier alpha value is -0.0800. The van der Waals surface area contributed by atoms with Gasteiger partial charge in [0, 0.05) is 7.11 Å². The van der Waals surface area contributed by atoms with Gasteiger partial charge in [-0.15, -0.1) is 0 Å². The van der Waals surface area contributed by atoms with Crippen LogP contribution >= 0.6 is 0 Å². The Bertz CT molecular complexity index is 137. The molecular weight excluding hydrogens is 176 g/mol. The molecule has 0 fully saturated rings. The van der Waals surface area contributed by atoms with E-state index in [-0.39, 0.29) is 11.7 Å². The molecule has 0 amide bonds. The van der Waals surface area contributed by atoms with Crippen molar-refractivity contribution in [3.8, 4) is 0 Å². The van der Waals surface area contributed by atoms with E-state index in [2.05, 4.69) is 20.8 Å². The summed E-state index contributed by atoms with van der Waals surface area (Å²) in [5.74, 6) is 0.617. The second kappa shape index (κ2) is 6.41. The highest BCUT2D eigenvalue weighted by Crippen LogP contribution is 2.26. The highest BCUT2D eigenvalue weighted by atomic mass is 16.5. The summed E-state index contributed by atoms with van der Waals surface area (Å²) in [6, 6.07) is 0. The number of aliphatic hydroxyl groups excluding tert-OH is 1. The Morgan fingerprint density at radius 1 is 1.21 bits per heavy atom. The van der Waals surface area contributed by atoms with Crippen molar-refractivity contribution < 1.29 is 9.84 Å². The fraction of sp³-hybridized carbons (Fsp3) is 1.00. The zero-order chi connectivity index (χ0) is 11.2. The molecule has 0 aliphatic rings. The predicted octanol–water partition coefficient (Wildman–Crippen LogP) is 2.99. The van der Waals surface area contributed by atoms with Crippen LogP contribution in [0.2, 0.25) is 0 Å². The van der Waals surface area contributed by atoms with E-state index < -0.39 is 0 Å². The van der Waals surface area contributed by atoms with Gasteiger partial charge in [0.1, 0.15) is 0 Å². The maximum Gasteiger partial charge on any atom is 0.0905 e. The summed E-state index contributed by atoms with van der Waals surface area (Å²) in [7, 11) is 1.68. The summed E-state index contributed by atoms with van der Waals surface area (Å²) >= 11 is 0. The molecule has 0 spiro atoms. The Morgan fingerprint density at radius 3 is 2.00 bits per heavy atom. The van der Waals surface area contributed by atoms with Crippen LogP contribution in [0.1, 0.15) is 53.4 Å². The minimum Gasteiger partial charge on any atom is -0.390 e. The number of rotatable bonds is 7. The third-order valence-corrected chi connectivity index (χ3v) is 3.58. The van der Waals surface area contributed by atoms with E-state index >= 15 is 0 Å². The van der Waals surface area contributed by atoms with Crippen molar-refractivity contribution in [3.05, 3.63) is 0 Å². The van der Waals surface area contributed by atoms with Crippen LogP contribution in [0, 0.1) is 5.92 Å². The van der Waals surface area contributed by atoms with Crippen LogP contribution in [0.15, 0.2) is 0 Å². The molecule has 14 heavy (non-hydrogen) atoms. The van der Waals surface area contributed by atoms with Gasteiger partial charge < -0.3 is 9.84 Å². The number of methoxy groups -OCH3 is 1. The molecular formula is C12H26O2. The third-order valence-electron chi connectivity index (χ3n) is 3.58. The van der Waals surface area contributed by atoms with E-state index in [4.69, 9.17) is 4.74 Å². The van der Waals surface area contributed by atoms with E-state index in [1.807, 2.05) is 6.92 Å². The van der Waals surface area contributed by atoms with Crippen molar-refractivity contribution in [1.29, 1.82) is 0 Å². The topological polar surface area (TPSA) is 29.5 Å². The molecule has 0 rings (SSSR count). The molecule has 2 atom stereocenters. The molecule has 1 N–H and O–H groups in total. The van der Waals surface area contributed by atoms with E-state index in [1.54, 1.807) is 7.11 Å². The van der Waals surface area contributed by atoms with Crippen LogP contribution in [0.4, 0.5) is 0 Å². The zero-order valence-electron chi connectivity index (χ0n) is 10.3. The molecule has 0 radical (unpaired) electrons. The Labute approximate surface area is 88.7 Å². The van der Waals surface area contributed by atoms with Crippen molar-refractivity contribution in [2.45, 2.75) is 65.1 Å². The van der Waals surface area contributed by atoms with E-state index in [1.165, 1.54) is 0 Å². The molecule has 0 saturated carbocycles. The van der Waals surface area contributed by atoms with Crippen LogP contribution < -0.4 is 0 Å². The van der Waals surface area contributed by atoms with Crippen LogP contribution in [-0.2, 0) is 4.74 Å². The first-order valence-electron chi connectivity index (χ1n) is 5.77. The van der Waals surface area contributed by atoms with Crippen molar-refractivity contribution in [2.75, 3.05) is 7.11 Å². The molecule has 0 heterocycles. The predicted molar refractivity (Wildman–Crippen MR) is 60.4 cm³/mol. The van der Waals surface area contributed by atoms with Gasteiger partial charge in [0.2, 0.25) is 0 Å². The van der Waals surface area contributed by atoms with Crippen molar-refractivity contribution in [3.63, 3.8) is 0 Å². The molecule has 0 saturated heterocycles. The molecule has 0 aliphatic carbocycles. The largest absolute Gasteiger partial charge is 0.390 e. The van der Waals surface area contributed by atoms with Gasteiger partial charge >= 0.3 is 0 Å². The molecule has 2 nitrogen and oxygen atoms in total. The lowest BCUT2D eigenvalue weighted by Crippen LogP contribution is -2.41. The van der Waals surface area contributed by atoms with Gasteiger partial charge in [-0.3, -0.25) is 0 Å². The fourth-order valence-electron chi connectivity index (χ4n) is 1.70. The molecule has 0 bridgehead atoms. The second-order valence-corrected chi connectivity index (χ2v) is 4.30. The lowest BCUT2D eigenvalue weighted by atomic mass is 9.86. The lowest BCUT2D eigenvalue weighted by molar-refractivity contribution is -0.100. The Balaban J connectivity index is 4.22. The fourth-order valence-corrected chi connectivity index (χ4v) is 1.70. The first-order chi connectivity index (χ1) is 6.53. The average molecular weight is 202 g/mol. The summed E-state index contributed by atoms with van der Waals surface area (Å²) in [6.45, 7) is 8.40. The summed E-state index contributed by atoms with van der Waals surface area (Å²) in [5, 5.41) is 10.1. The first-order valence-corrected chi connectivity index (χ1v) is 5.77. The van der Waals surface area contributed by atoms with E-state index in [9.17, 15) is 5.11 Å². The molecule has 0 aromatic rings.